The van der Waals surface area contributed by atoms with E-state index in [0.29, 0.717) is 17.3 Å². The third kappa shape index (κ3) is 4.09. The van der Waals surface area contributed by atoms with Gasteiger partial charge in [-0.15, -0.1) is 0 Å². The van der Waals surface area contributed by atoms with Gasteiger partial charge >= 0.3 is 0 Å². The predicted octanol–water partition coefficient (Wildman–Crippen LogP) is 4.19. The first-order valence-corrected chi connectivity index (χ1v) is 9.44. The summed E-state index contributed by atoms with van der Waals surface area (Å²) >= 11 is 1.03. The fraction of sp³-hybridized carbons (Fsp3) is 0.316. The van der Waals surface area contributed by atoms with Crippen LogP contribution in [-0.4, -0.2) is 19.8 Å². The lowest BCUT2D eigenvalue weighted by atomic mass is 9.85. The van der Waals surface area contributed by atoms with Crippen molar-refractivity contribution in [3.05, 3.63) is 47.4 Å². The minimum atomic E-state index is -0.711. The summed E-state index contributed by atoms with van der Waals surface area (Å²) in [7, 11) is 0. The van der Waals surface area contributed by atoms with Gasteiger partial charge in [0, 0.05) is 0 Å². The molecule has 0 aliphatic rings. The zero-order valence-corrected chi connectivity index (χ0v) is 16.9. The Balaban J connectivity index is 1.90. The average molecular weight is 401 g/mol. The van der Waals surface area contributed by atoms with Crippen molar-refractivity contribution in [3.63, 3.8) is 0 Å². The van der Waals surface area contributed by atoms with Gasteiger partial charge in [-0.25, -0.2) is 0 Å². The minimum Gasteiger partial charge on any atom is -0.505 e. The van der Waals surface area contributed by atoms with Gasteiger partial charge in [-0.05, 0) is 36.6 Å². The highest BCUT2D eigenvalue weighted by atomic mass is 32.1. The molecule has 0 saturated heterocycles. The number of carbonyl (C=O) groups excluding carboxylic acids is 1. The second-order valence-corrected chi connectivity index (χ2v) is 8.07. The van der Waals surface area contributed by atoms with Crippen LogP contribution in [0.5, 0.6) is 5.75 Å². The van der Waals surface area contributed by atoms with Crippen molar-refractivity contribution in [2.75, 3.05) is 10.6 Å². The molecule has 0 aliphatic carbocycles. The number of para-hydroxylation sites is 1. The van der Waals surface area contributed by atoms with Crippen LogP contribution in [0.2, 0.25) is 0 Å². The van der Waals surface area contributed by atoms with Crippen LogP contribution in [0.3, 0.4) is 0 Å². The van der Waals surface area contributed by atoms with Gasteiger partial charge in [0.1, 0.15) is 11.5 Å². The molecule has 148 valence electrons. The standard InChI is InChI=1S/C19H23N5O3S/c1-10-8-9-13(27-10)15(19(2,3)4)22-18-17(23-28-24-18)21-12-7-5-6-11(14(12)25)16(20)26/h5-9,15,25H,1-4H3,(H2,20,26)(H,21,23)(H,22,24)/t15-/m0/s1. The quantitative estimate of drug-likeness (QED) is 0.456. The lowest BCUT2D eigenvalue weighted by Crippen LogP contribution is -2.25. The Labute approximate surface area is 167 Å². The van der Waals surface area contributed by atoms with Crippen LogP contribution in [-0.2, 0) is 0 Å². The van der Waals surface area contributed by atoms with Gasteiger partial charge < -0.3 is 25.9 Å². The lowest BCUT2D eigenvalue weighted by Gasteiger charge is -2.30. The predicted molar refractivity (Wildman–Crippen MR) is 109 cm³/mol. The number of anilines is 3. The number of benzene rings is 1. The number of amides is 1. The van der Waals surface area contributed by atoms with Gasteiger partial charge in [-0.1, -0.05) is 26.8 Å². The highest BCUT2D eigenvalue weighted by Crippen LogP contribution is 2.39. The lowest BCUT2D eigenvalue weighted by molar-refractivity contribution is 0.0998. The van der Waals surface area contributed by atoms with E-state index in [-0.39, 0.29) is 22.8 Å². The molecular formula is C19H23N5O3S. The van der Waals surface area contributed by atoms with E-state index < -0.39 is 5.91 Å². The number of nitrogens with two attached hydrogens (primary N) is 1. The second kappa shape index (κ2) is 7.51. The van der Waals surface area contributed by atoms with Crippen molar-refractivity contribution in [2.24, 2.45) is 11.1 Å². The van der Waals surface area contributed by atoms with Crippen LogP contribution < -0.4 is 16.4 Å². The van der Waals surface area contributed by atoms with Crippen LogP contribution in [0, 0.1) is 12.3 Å². The summed E-state index contributed by atoms with van der Waals surface area (Å²) in [6, 6.07) is 8.40. The number of nitrogens with one attached hydrogen (secondary N) is 2. The third-order valence-electron chi connectivity index (χ3n) is 4.24. The second-order valence-electron chi connectivity index (χ2n) is 7.54. The number of phenols is 1. The van der Waals surface area contributed by atoms with E-state index in [1.54, 1.807) is 12.1 Å². The van der Waals surface area contributed by atoms with Crippen molar-refractivity contribution in [1.82, 2.24) is 8.75 Å². The molecule has 28 heavy (non-hydrogen) atoms. The number of rotatable bonds is 6. The molecule has 8 nitrogen and oxygen atoms in total. The van der Waals surface area contributed by atoms with Crippen molar-refractivity contribution >= 4 is 35.0 Å². The normalized spacial score (nSPS) is 12.6. The Morgan fingerprint density at radius 1 is 1.21 bits per heavy atom. The first-order valence-electron chi connectivity index (χ1n) is 8.71. The van der Waals surface area contributed by atoms with Gasteiger partial charge in [0.2, 0.25) is 0 Å². The molecule has 2 aromatic heterocycles. The number of carbonyl (C=O) groups is 1. The molecule has 2 heterocycles. The number of aryl methyl sites for hydroxylation is 1. The molecule has 0 fully saturated rings. The van der Waals surface area contributed by atoms with Crippen LogP contribution in [0.15, 0.2) is 34.7 Å². The average Bonchev–Trinajstić information content (AvgIpc) is 3.22. The first kappa shape index (κ1) is 19.7. The van der Waals surface area contributed by atoms with Crippen molar-refractivity contribution < 1.29 is 14.3 Å². The summed E-state index contributed by atoms with van der Waals surface area (Å²) in [5.41, 5.74) is 5.47. The van der Waals surface area contributed by atoms with Gasteiger partial charge in [-0.2, -0.15) is 8.75 Å². The number of hydrogen-bond donors (Lipinski definition) is 4. The Kier molecular flexibility index (Phi) is 5.28. The number of furan rings is 1. The molecule has 0 unspecified atom stereocenters. The molecule has 1 atom stereocenters. The van der Waals surface area contributed by atoms with E-state index in [2.05, 4.69) is 40.2 Å². The van der Waals surface area contributed by atoms with Gasteiger partial charge in [0.05, 0.1) is 29.0 Å². The molecule has 0 bridgehead atoms. The SMILES string of the molecule is Cc1ccc([C@H](Nc2nsnc2Nc2cccc(C(N)=O)c2O)C(C)(C)C)o1. The molecule has 0 saturated carbocycles. The fourth-order valence-electron chi connectivity index (χ4n) is 2.80. The van der Waals surface area contributed by atoms with Crippen molar-refractivity contribution in [1.29, 1.82) is 0 Å². The molecule has 3 rings (SSSR count). The summed E-state index contributed by atoms with van der Waals surface area (Å²) in [5, 5.41) is 16.7. The zero-order valence-electron chi connectivity index (χ0n) is 16.1. The number of aromatic nitrogens is 2. The Morgan fingerprint density at radius 2 is 1.93 bits per heavy atom. The van der Waals surface area contributed by atoms with E-state index in [1.807, 2.05) is 19.1 Å². The van der Waals surface area contributed by atoms with E-state index in [0.717, 1.165) is 23.2 Å². The summed E-state index contributed by atoms with van der Waals surface area (Å²) < 4.78 is 14.4. The Morgan fingerprint density at radius 3 is 2.54 bits per heavy atom. The Bertz CT molecular complexity index is 990. The smallest absolute Gasteiger partial charge is 0.252 e. The van der Waals surface area contributed by atoms with E-state index >= 15 is 0 Å². The molecule has 0 aliphatic heterocycles. The molecule has 3 aromatic rings. The number of primary amides is 1. The number of aromatic hydroxyl groups is 1. The van der Waals surface area contributed by atoms with Gasteiger partial charge in [0.25, 0.3) is 5.91 Å². The number of hydrogen-bond acceptors (Lipinski definition) is 8. The maximum Gasteiger partial charge on any atom is 0.252 e. The van der Waals surface area contributed by atoms with Crippen LogP contribution in [0.1, 0.15) is 48.7 Å². The van der Waals surface area contributed by atoms with Gasteiger partial charge in [-0.3, -0.25) is 4.79 Å². The molecule has 5 N–H and O–H groups in total. The summed E-state index contributed by atoms with van der Waals surface area (Å²) in [5.74, 6) is 1.62. The molecular weight excluding hydrogens is 378 g/mol. The summed E-state index contributed by atoms with van der Waals surface area (Å²) in [6.45, 7) is 8.18. The molecule has 1 amide bonds. The minimum absolute atomic E-state index is 0.0290. The summed E-state index contributed by atoms with van der Waals surface area (Å²) in [4.78, 5) is 11.4. The van der Waals surface area contributed by atoms with Crippen LogP contribution in [0.25, 0.3) is 0 Å². The highest BCUT2D eigenvalue weighted by Gasteiger charge is 2.30. The fourth-order valence-corrected chi connectivity index (χ4v) is 3.27. The third-order valence-corrected chi connectivity index (χ3v) is 4.76. The van der Waals surface area contributed by atoms with E-state index in [1.165, 1.54) is 6.07 Å². The van der Waals surface area contributed by atoms with Crippen molar-refractivity contribution in [2.45, 2.75) is 33.7 Å². The Hall–Kier alpha value is -3.07. The van der Waals surface area contributed by atoms with Crippen LogP contribution >= 0.6 is 11.7 Å². The highest BCUT2D eigenvalue weighted by molar-refractivity contribution is 6.99. The number of nitrogens with zero attached hydrogens (tertiary/aromatic N) is 2. The molecule has 9 heteroatoms. The molecule has 0 radical (unpaired) electrons. The topological polar surface area (TPSA) is 126 Å². The van der Waals surface area contributed by atoms with Crippen molar-refractivity contribution in [3.8, 4) is 5.75 Å². The monoisotopic (exact) mass is 401 g/mol. The van der Waals surface area contributed by atoms with E-state index in [4.69, 9.17) is 10.2 Å². The first-order chi connectivity index (χ1) is 13.2. The molecule has 0 spiro atoms. The summed E-state index contributed by atoms with van der Waals surface area (Å²) in [6.07, 6.45) is 0. The maximum absolute atomic E-state index is 11.4. The van der Waals surface area contributed by atoms with Gasteiger partial charge in [0.15, 0.2) is 17.4 Å². The maximum atomic E-state index is 11.4. The zero-order chi connectivity index (χ0) is 20.5. The largest absolute Gasteiger partial charge is 0.505 e. The van der Waals surface area contributed by atoms with Crippen LogP contribution in [0.4, 0.5) is 17.3 Å². The van der Waals surface area contributed by atoms with E-state index in [9.17, 15) is 9.90 Å². The molecule has 1 aromatic carbocycles.